The molecular weight excluding hydrogens is 475 g/mol. The molecule has 0 saturated carbocycles. The van der Waals surface area contributed by atoms with Crippen LogP contribution in [-0.4, -0.2) is 36.7 Å². The number of aliphatic hydroxyl groups excluding tert-OH is 1. The first-order chi connectivity index (χ1) is 14.2. The average molecular weight is 495 g/mol. The molecular formula is C21H20BrFN2O4S. The topological polar surface area (TPSA) is 99.3 Å². The van der Waals surface area contributed by atoms with Crippen molar-refractivity contribution in [3.05, 3.63) is 87.4 Å². The summed E-state index contributed by atoms with van der Waals surface area (Å²) in [5.41, 5.74) is 2.01. The number of carbonyl (C=O) groups excluding carboxylic acids is 1. The lowest BCUT2D eigenvalue weighted by molar-refractivity contribution is 0.103. The van der Waals surface area contributed by atoms with Crippen LogP contribution in [0.15, 0.2) is 59.1 Å². The summed E-state index contributed by atoms with van der Waals surface area (Å²) in [6, 6.07) is 14.4. The van der Waals surface area contributed by atoms with Crippen LogP contribution in [0.25, 0.3) is 0 Å². The number of H-pyrrole nitrogens is 1. The van der Waals surface area contributed by atoms with E-state index >= 15 is 0 Å². The van der Waals surface area contributed by atoms with Gasteiger partial charge < -0.3 is 10.1 Å². The number of aromatic nitrogens is 1. The van der Waals surface area contributed by atoms with E-state index in [4.69, 9.17) is 5.11 Å². The van der Waals surface area contributed by atoms with Crippen molar-refractivity contribution in [3.8, 4) is 0 Å². The van der Waals surface area contributed by atoms with Crippen LogP contribution in [0.5, 0.6) is 0 Å². The number of carbonyl (C=O) groups is 1. The Bertz CT molecular complexity index is 1160. The van der Waals surface area contributed by atoms with Crippen molar-refractivity contribution in [2.24, 2.45) is 0 Å². The van der Waals surface area contributed by atoms with Gasteiger partial charge in [-0.2, -0.15) is 0 Å². The fraction of sp³-hybridized carbons (Fsp3) is 0.190. The lowest BCUT2D eigenvalue weighted by Crippen LogP contribution is -2.19. The van der Waals surface area contributed by atoms with Crippen LogP contribution < -0.4 is 4.72 Å². The molecule has 0 amide bonds. The summed E-state index contributed by atoms with van der Waals surface area (Å²) in [5.74, 6) is -1.61. The maximum Gasteiger partial charge on any atom is 0.234 e. The third kappa shape index (κ3) is 5.16. The number of aliphatic hydroxyl groups is 1. The van der Waals surface area contributed by atoms with Gasteiger partial charge in [0.25, 0.3) is 0 Å². The Morgan fingerprint density at radius 2 is 1.87 bits per heavy atom. The zero-order chi connectivity index (χ0) is 21.9. The van der Waals surface area contributed by atoms with Gasteiger partial charge in [0.2, 0.25) is 15.8 Å². The van der Waals surface area contributed by atoms with E-state index in [-0.39, 0.29) is 17.4 Å². The lowest BCUT2D eigenvalue weighted by atomic mass is 9.97. The number of rotatable bonds is 8. The summed E-state index contributed by atoms with van der Waals surface area (Å²) < 4.78 is 41.2. The molecule has 0 spiro atoms. The molecule has 3 aromatic rings. The minimum Gasteiger partial charge on any atom is -0.395 e. The molecule has 158 valence electrons. The van der Waals surface area contributed by atoms with Crippen molar-refractivity contribution in [1.82, 2.24) is 4.98 Å². The Morgan fingerprint density at radius 3 is 2.50 bits per heavy atom. The number of sulfonamides is 1. The van der Waals surface area contributed by atoms with Crippen LogP contribution in [0, 0.1) is 5.82 Å². The molecule has 1 unspecified atom stereocenters. The standard InChI is InChI=1S/C21H20BrFN2O4S/c1-13(17-7-6-16(12-18(17)23)25-30(28,29)11-10-26)19-8-9-20(24-19)21(27)14-2-4-15(22)5-3-14/h2-9,12-13,24-26H,10-11H2,1H3. The summed E-state index contributed by atoms with van der Waals surface area (Å²) in [6.07, 6.45) is 0. The lowest BCUT2D eigenvalue weighted by Gasteiger charge is -2.14. The molecule has 3 N–H and O–H groups in total. The van der Waals surface area contributed by atoms with Crippen molar-refractivity contribution >= 4 is 37.4 Å². The molecule has 30 heavy (non-hydrogen) atoms. The number of benzene rings is 2. The van der Waals surface area contributed by atoms with Crippen molar-refractivity contribution in [3.63, 3.8) is 0 Å². The Hall–Kier alpha value is -2.49. The van der Waals surface area contributed by atoms with Crippen LogP contribution in [0.3, 0.4) is 0 Å². The van der Waals surface area contributed by atoms with Gasteiger partial charge in [-0.15, -0.1) is 0 Å². The third-order valence-corrected chi connectivity index (χ3v) is 6.42. The summed E-state index contributed by atoms with van der Waals surface area (Å²) in [5, 5.41) is 8.78. The molecule has 3 rings (SSSR count). The van der Waals surface area contributed by atoms with Gasteiger partial charge >= 0.3 is 0 Å². The zero-order valence-electron chi connectivity index (χ0n) is 16.0. The monoisotopic (exact) mass is 494 g/mol. The van der Waals surface area contributed by atoms with E-state index in [0.29, 0.717) is 22.5 Å². The van der Waals surface area contributed by atoms with Crippen LogP contribution in [-0.2, 0) is 10.0 Å². The van der Waals surface area contributed by atoms with E-state index in [1.807, 2.05) is 0 Å². The molecule has 0 radical (unpaired) electrons. The van der Waals surface area contributed by atoms with Gasteiger partial charge in [0.1, 0.15) is 5.82 Å². The second kappa shape index (κ2) is 9.11. The van der Waals surface area contributed by atoms with Gasteiger partial charge in [-0.1, -0.05) is 28.9 Å². The Morgan fingerprint density at radius 1 is 1.17 bits per heavy atom. The van der Waals surface area contributed by atoms with E-state index < -0.39 is 28.2 Å². The predicted molar refractivity (Wildman–Crippen MR) is 117 cm³/mol. The van der Waals surface area contributed by atoms with Gasteiger partial charge in [0, 0.05) is 21.6 Å². The molecule has 1 heterocycles. The van der Waals surface area contributed by atoms with Crippen LogP contribution in [0.4, 0.5) is 10.1 Å². The normalized spacial score (nSPS) is 12.5. The number of hydrogen-bond donors (Lipinski definition) is 3. The van der Waals surface area contributed by atoms with Crippen molar-refractivity contribution in [2.45, 2.75) is 12.8 Å². The molecule has 0 fully saturated rings. The first-order valence-electron chi connectivity index (χ1n) is 9.10. The van der Waals surface area contributed by atoms with E-state index in [2.05, 4.69) is 25.6 Å². The molecule has 1 aromatic heterocycles. The van der Waals surface area contributed by atoms with Crippen molar-refractivity contribution in [2.75, 3.05) is 17.1 Å². The molecule has 2 aromatic carbocycles. The quantitative estimate of drug-likeness (QED) is 0.411. The predicted octanol–water partition coefficient (Wildman–Crippen LogP) is 4.03. The van der Waals surface area contributed by atoms with Crippen LogP contribution in [0.2, 0.25) is 0 Å². The smallest absolute Gasteiger partial charge is 0.234 e. The van der Waals surface area contributed by atoms with Gasteiger partial charge in [-0.3, -0.25) is 9.52 Å². The maximum atomic E-state index is 14.6. The fourth-order valence-electron chi connectivity index (χ4n) is 3.01. The minimum atomic E-state index is -3.74. The van der Waals surface area contributed by atoms with E-state index in [9.17, 15) is 17.6 Å². The SMILES string of the molecule is CC(c1ccc(C(=O)c2ccc(Br)cc2)[nH]1)c1ccc(NS(=O)(=O)CCO)cc1F. The van der Waals surface area contributed by atoms with Crippen molar-refractivity contribution < 1.29 is 22.7 Å². The highest BCUT2D eigenvalue weighted by molar-refractivity contribution is 9.10. The van der Waals surface area contributed by atoms with E-state index in [1.54, 1.807) is 43.3 Å². The first-order valence-corrected chi connectivity index (χ1v) is 11.5. The van der Waals surface area contributed by atoms with Gasteiger partial charge in [0.05, 0.1) is 23.7 Å². The third-order valence-electron chi connectivity index (χ3n) is 4.63. The minimum absolute atomic E-state index is 0.0782. The molecule has 0 saturated heterocycles. The maximum absolute atomic E-state index is 14.6. The molecule has 0 bridgehead atoms. The Labute approximate surface area is 182 Å². The first kappa shape index (κ1) is 22.2. The fourth-order valence-corrected chi connectivity index (χ4v) is 4.11. The number of anilines is 1. The highest BCUT2D eigenvalue weighted by atomic mass is 79.9. The Balaban J connectivity index is 1.79. The van der Waals surface area contributed by atoms with Gasteiger partial charge in [-0.05, 0) is 54.1 Å². The number of halogens is 2. The summed E-state index contributed by atoms with van der Waals surface area (Å²) in [6.45, 7) is 1.26. The van der Waals surface area contributed by atoms with Gasteiger partial charge in [-0.25, -0.2) is 12.8 Å². The molecule has 6 nitrogen and oxygen atoms in total. The number of ketones is 1. The second-order valence-corrected chi connectivity index (χ2v) is 9.52. The second-order valence-electron chi connectivity index (χ2n) is 6.77. The molecule has 0 aliphatic carbocycles. The van der Waals surface area contributed by atoms with Crippen LogP contribution in [0.1, 0.15) is 40.2 Å². The summed E-state index contributed by atoms with van der Waals surface area (Å²) in [4.78, 5) is 15.7. The van der Waals surface area contributed by atoms with E-state index in [0.717, 1.165) is 10.5 Å². The molecule has 0 aliphatic heterocycles. The zero-order valence-corrected chi connectivity index (χ0v) is 18.4. The summed E-state index contributed by atoms with van der Waals surface area (Å²) in [7, 11) is -3.74. The molecule has 9 heteroatoms. The number of hydrogen-bond acceptors (Lipinski definition) is 4. The van der Waals surface area contributed by atoms with Crippen LogP contribution >= 0.6 is 15.9 Å². The number of aromatic amines is 1. The Kier molecular flexibility index (Phi) is 6.74. The van der Waals surface area contributed by atoms with Crippen molar-refractivity contribution in [1.29, 1.82) is 0 Å². The highest BCUT2D eigenvalue weighted by Crippen LogP contribution is 2.28. The summed E-state index contributed by atoms with van der Waals surface area (Å²) >= 11 is 3.33. The number of nitrogens with one attached hydrogen (secondary N) is 2. The molecule has 1 atom stereocenters. The molecule has 0 aliphatic rings. The highest BCUT2D eigenvalue weighted by Gasteiger charge is 2.19. The largest absolute Gasteiger partial charge is 0.395 e. The van der Waals surface area contributed by atoms with Gasteiger partial charge in [0.15, 0.2) is 0 Å². The van der Waals surface area contributed by atoms with E-state index in [1.165, 1.54) is 12.1 Å². The average Bonchev–Trinajstić information content (AvgIpc) is 3.17.